The van der Waals surface area contributed by atoms with E-state index in [1.165, 1.54) is 5.56 Å². The van der Waals surface area contributed by atoms with Gasteiger partial charge >= 0.3 is 0 Å². The number of halogens is 2. The van der Waals surface area contributed by atoms with E-state index >= 15 is 0 Å². The van der Waals surface area contributed by atoms with Crippen LogP contribution in [0.4, 0.5) is 0 Å². The van der Waals surface area contributed by atoms with Crippen molar-refractivity contribution in [1.82, 2.24) is 5.32 Å². The Bertz CT molecular complexity index is 339. The standard InChI is InChI=1S/C11H13BrClNO/c12-11-2-1-9(13)5-8(11)6-14-10-3-4-15-7-10/h1-2,5,10,14H,3-4,6-7H2. The van der Waals surface area contributed by atoms with Gasteiger partial charge in [0.2, 0.25) is 0 Å². The molecule has 1 saturated heterocycles. The van der Waals surface area contributed by atoms with E-state index in [0.717, 1.165) is 35.7 Å². The largest absolute Gasteiger partial charge is 0.380 e. The molecular formula is C11H13BrClNO. The van der Waals surface area contributed by atoms with E-state index in [9.17, 15) is 0 Å². The molecule has 1 aromatic carbocycles. The zero-order valence-corrected chi connectivity index (χ0v) is 10.6. The van der Waals surface area contributed by atoms with Gasteiger partial charge in [0.25, 0.3) is 0 Å². The van der Waals surface area contributed by atoms with Gasteiger partial charge in [-0.1, -0.05) is 27.5 Å². The summed E-state index contributed by atoms with van der Waals surface area (Å²) in [6.45, 7) is 2.52. The first-order valence-electron chi connectivity index (χ1n) is 5.01. The van der Waals surface area contributed by atoms with E-state index in [-0.39, 0.29) is 0 Å². The SMILES string of the molecule is Clc1ccc(Br)c(CNC2CCOC2)c1. The van der Waals surface area contributed by atoms with Crippen molar-refractivity contribution >= 4 is 27.5 Å². The molecule has 2 nitrogen and oxygen atoms in total. The van der Waals surface area contributed by atoms with Crippen LogP contribution in [0.25, 0.3) is 0 Å². The summed E-state index contributed by atoms with van der Waals surface area (Å²) < 4.78 is 6.39. The van der Waals surface area contributed by atoms with Crippen molar-refractivity contribution in [1.29, 1.82) is 0 Å². The van der Waals surface area contributed by atoms with Crippen LogP contribution in [0.1, 0.15) is 12.0 Å². The fraction of sp³-hybridized carbons (Fsp3) is 0.455. The van der Waals surface area contributed by atoms with Gasteiger partial charge in [-0.15, -0.1) is 0 Å². The number of benzene rings is 1. The number of rotatable bonds is 3. The topological polar surface area (TPSA) is 21.3 Å². The zero-order chi connectivity index (χ0) is 10.7. The van der Waals surface area contributed by atoms with Gasteiger partial charge in [0.15, 0.2) is 0 Å². The maximum Gasteiger partial charge on any atom is 0.0620 e. The summed E-state index contributed by atoms with van der Waals surface area (Å²) in [5.74, 6) is 0. The average molecular weight is 291 g/mol. The Morgan fingerprint density at radius 1 is 1.53 bits per heavy atom. The van der Waals surface area contributed by atoms with Crippen LogP contribution in [0.2, 0.25) is 5.02 Å². The van der Waals surface area contributed by atoms with Crippen LogP contribution in [0.3, 0.4) is 0 Å². The van der Waals surface area contributed by atoms with Gasteiger partial charge in [0.1, 0.15) is 0 Å². The molecule has 1 N–H and O–H groups in total. The maximum absolute atomic E-state index is 5.94. The highest BCUT2D eigenvalue weighted by Crippen LogP contribution is 2.21. The third-order valence-corrected chi connectivity index (χ3v) is 3.53. The molecule has 2 rings (SSSR count). The van der Waals surface area contributed by atoms with E-state index in [1.54, 1.807) is 0 Å². The van der Waals surface area contributed by atoms with Crippen LogP contribution < -0.4 is 5.32 Å². The second kappa shape index (κ2) is 5.30. The molecule has 1 atom stereocenters. The Hall–Kier alpha value is -0.0900. The minimum Gasteiger partial charge on any atom is -0.380 e. The molecule has 1 fully saturated rings. The molecule has 1 aliphatic heterocycles. The molecule has 15 heavy (non-hydrogen) atoms. The monoisotopic (exact) mass is 289 g/mol. The van der Waals surface area contributed by atoms with Gasteiger partial charge in [0, 0.05) is 28.7 Å². The lowest BCUT2D eigenvalue weighted by molar-refractivity contribution is 0.190. The van der Waals surface area contributed by atoms with Crippen molar-refractivity contribution < 1.29 is 4.74 Å². The highest BCUT2D eigenvalue weighted by Gasteiger charge is 2.14. The molecule has 0 amide bonds. The number of ether oxygens (including phenoxy) is 1. The Morgan fingerprint density at radius 3 is 3.13 bits per heavy atom. The van der Waals surface area contributed by atoms with Crippen molar-refractivity contribution in [3.8, 4) is 0 Å². The quantitative estimate of drug-likeness (QED) is 0.924. The molecule has 1 aromatic rings. The van der Waals surface area contributed by atoms with E-state index in [0.29, 0.717) is 6.04 Å². The van der Waals surface area contributed by atoms with E-state index in [4.69, 9.17) is 16.3 Å². The Balaban J connectivity index is 1.94. The predicted molar refractivity (Wildman–Crippen MR) is 65.2 cm³/mol. The fourth-order valence-corrected chi connectivity index (χ4v) is 2.21. The Kier molecular flexibility index (Phi) is 4.03. The molecule has 1 aliphatic rings. The average Bonchev–Trinajstić information content (AvgIpc) is 2.72. The third-order valence-electron chi connectivity index (χ3n) is 2.52. The Labute approximate surface area is 103 Å². The van der Waals surface area contributed by atoms with Crippen molar-refractivity contribution in [2.24, 2.45) is 0 Å². The minimum atomic E-state index is 0.482. The lowest BCUT2D eigenvalue weighted by Gasteiger charge is -2.11. The smallest absolute Gasteiger partial charge is 0.0620 e. The summed E-state index contributed by atoms with van der Waals surface area (Å²) in [7, 11) is 0. The summed E-state index contributed by atoms with van der Waals surface area (Å²) in [5.41, 5.74) is 1.19. The van der Waals surface area contributed by atoms with Gasteiger partial charge in [0.05, 0.1) is 6.61 Å². The molecule has 0 aromatic heterocycles. The molecule has 0 bridgehead atoms. The molecule has 0 saturated carbocycles. The lowest BCUT2D eigenvalue weighted by Crippen LogP contribution is -2.28. The molecular weight excluding hydrogens is 277 g/mol. The molecule has 82 valence electrons. The molecule has 1 heterocycles. The summed E-state index contributed by atoms with van der Waals surface area (Å²) in [5, 5.41) is 4.23. The second-order valence-electron chi connectivity index (χ2n) is 3.68. The molecule has 1 unspecified atom stereocenters. The van der Waals surface area contributed by atoms with Gasteiger partial charge in [-0.2, -0.15) is 0 Å². The van der Waals surface area contributed by atoms with Crippen LogP contribution >= 0.6 is 27.5 Å². The summed E-state index contributed by atoms with van der Waals surface area (Å²) in [4.78, 5) is 0. The summed E-state index contributed by atoms with van der Waals surface area (Å²) >= 11 is 9.45. The van der Waals surface area contributed by atoms with E-state index < -0.39 is 0 Å². The molecule has 0 radical (unpaired) electrons. The van der Waals surface area contributed by atoms with Crippen molar-refractivity contribution in [2.75, 3.05) is 13.2 Å². The minimum absolute atomic E-state index is 0.482. The highest BCUT2D eigenvalue weighted by molar-refractivity contribution is 9.10. The molecule has 0 aliphatic carbocycles. The maximum atomic E-state index is 5.94. The predicted octanol–water partition coefficient (Wildman–Crippen LogP) is 2.98. The second-order valence-corrected chi connectivity index (χ2v) is 4.97. The third kappa shape index (κ3) is 3.18. The van der Waals surface area contributed by atoms with Crippen molar-refractivity contribution in [3.63, 3.8) is 0 Å². The number of nitrogens with one attached hydrogen (secondary N) is 1. The zero-order valence-electron chi connectivity index (χ0n) is 8.30. The molecule has 0 spiro atoms. The van der Waals surface area contributed by atoms with Crippen molar-refractivity contribution in [2.45, 2.75) is 19.0 Å². The number of hydrogen-bond acceptors (Lipinski definition) is 2. The lowest BCUT2D eigenvalue weighted by atomic mass is 10.2. The fourth-order valence-electron chi connectivity index (χ4n) is 1.63. The van der Waals surface area contributed by atoms with E-state index in [1.807, 2.05) is 18.2 Å². The molecule has 4 heteroatoms. The van der Waals surface area contributed by atoms with Crippen LogP contribution in [-0.4, -0.2) is 19.3 Å². The van der Waals surface area contributed by atoms with E-state index in [2.05, 4.69) is 21.2 Å². The van der Waals surface area contributed by atoms with Crippen LogP contribution in [0, 0.1) is 0 Å². The van der Waals surface area contributed by atoms with Gasteiger partial charge < -0.3 is 10.1 Å². The first-order chi connectivity index (χ1) is 7.25. The number of hydrogen-bond donors (Lipinski definition) is 1. The summed E-state index contributed by atoms with van der Waals surface area (Å²) in [6, 6.07) is 6.32. The Morgan fingerprint density at radius 2 is 2.40 bits per heavy atom. The van der Waals surface area contributed by atoms with Crippen LogP contribution in [0.5, 0.6) is 0 Å². The highest BCUT2D eigenvalue weighted by atomic mass is 79.9. The normalized spacial score (nSPS) is 20.8. The van der Waals surface area contributed by atoms with Gasteiger partial charge in [-0.25, -0.2) is 0 Å². The summed E-state index contributed by atoms with van der Waals surface area (Å²) in [6.07, 6.45) is 1.10. The first-order valence-corrected chi connectivity index (χ1v) is 6.18. The van der Waals surface area contributed by atoms with Gasteiger partial charge in [-0.05, 0) is 30.2 Å². The van der Waals surface area contributed by atoms with Gasteiger partial charge in [-0.3, -0.25) is 0 Å². The first kappa shape index (κ1) is 11.4. The van der Waals surface area contributed by atoms with Crippen LogP contribution in [0.15, 0.2) is 22.7 Å². The van der Waals surface area contributed by atoms with Crippen molar-refractivity contribution in [3.05, 3.63) is 33.3 Å². The van der Waals surface area contributed by atoms with Crippen LogP contribution in [-0.2, 0) is 11.3 Å².